The number of rotatable bonds is 3. The number of aliphatic hydroxyl groups is 1. The average molecular weight is 312 g/mol. The molecule has 2 aromatic carbocycles. The van der Waals surface area contributed by atoms with Crippen molar-refractivity contribution in [2.45, 2.75) is 19.1 Å². The molecule has 0 amide bonds. The van der Waals surface area contributed by atoms with Crippen LogP contribution in [0.25, 0.3) is 0 Å². The maximum atomic E-state index is 13.4. The minimum Gasteiger partial charge on any atom is -0.487 e. The number of nitriles is 1. The summed E-state index contributed by atoms with van der Waals surface area (Å²) in [4.78, 5) is 1.99. The molecule has 0 fully saturated rings. The molecule has 2 unspecified atom stereocenters. The second kappa shape index (κ2) is 6.27. The zero-order valence-electron chi connectivity index (χ0n) is 12.7. The van der Waals surface area contributed by atoms with Gasteiger partial charge in [-0.25, -0.2) is 4.39 Å². The molecule has 4 nitrogen and oxygen atoms in total. The van der Waals surface area contributed by atoms with Gasteiger partial charge in [0, 0.05) is 12.6 Å². The van der Waals surface area contributed by atoms with E-state index in [2.05, 4.69) is 6.07 Å². The Morgan fingerprint density at radius 2 is 2.09 bits per heavy atom. The van der Waals surface area contributed by atoms with Gasteiger partial charge in [-0.2, -0.15) is 5.26 Å². The maximum absolute atomic E-state index is 13.4. The minimum absolute atomic E-state index is 0.0857. The maximum Gasteiger partial charge on any atom is 0.146 e. The van der Waals surface area contributed by atoms with Gasteiger partial charge >= 0.3 is 0 Å². The summed E-state index contributed by atoms with van der Waals surface area (Å²) < 4.78 is 19.0. The van der Waals surface area contributed by atoms with Gasteiger partial charge in [0.2, 0.25) is 0 Å². The van der Waals surface area contributed by atoms with Gasteiger partial charge in [-0.15, -0.1) is 0 Å². The number of β-amino-alcohol motifs (C(OH)–C–C–N with tert-alkyl or cyclic N) is 1. The van der Waals surface area contributed by atoms with Crippen LogP contribution in [-0.4, -0.2) is 24.3 Å². The second-order valence-corrected chi connectivity index (χ2v) is 5.70. The first-order chi connectivity index (χ1) is 11.1. The highest BCUT2D eigenvalue weighted by Gasteiger charge is 2.25. The molecule has 1 N–H and O–H groups in total. The molecule has 0 aliphatic carbocycles. The molecule has 1 aliphatic rings. The Balaban J connectivity index is 1.81. The van der Waals surface area contributed by atoms with Crippen molar-refractivity contribution in [3.05, 3.63) is 59.4 Å². The lowest BCUT2D eigenvalue weighted by Gasteiger charge is -2.36. The average Bonchev–Trinajstić information content (AvgIpc) is 2.54. The number of halogens is 1. The Morgan fingerprint density at radius 3 is 2.78 bits per heavy atom. The molecule has 0 saturated heterocycles. The Hall–Kier alpha value is -2.58. The van der Waals surface area contributed by atoms with E-state index < -0.39 is 6.10 Å². The molecule has 5 heteroatoms. The third kappa shape index (κ3) is 3.27. The quantitative estimate of drug-likeness (QED) is 0.946. The predicted molar refractivity (Wildman–Crippen MR) is 84.8 cm³/mol. The number of fused-ring (bicyclic) bond motifs is 1. The highest BCUT2D eigenvalue weighted by atomic mass is 19.1. The van der Waals surface area contributed by atoms with E-state index in [-0.39, 0.29) is 11.9 Å². The molecule has 2 aromatic rings. The summed E-state index contributed by atoms with van der Waals surface area (Å²) in [5, 5.41) is 19.3. The van der Waals surface area contributed by atoms with Crippen molar-refractivity contribution in [2.75, 3.05) is 18.0 Å². The molecule has 2 atom stereocenters. The fourth-order valence-corrected chi connectivity index (χ4v) is 2.77. The Labute approximate surface area is 134 Å². The van der Waals surface area contributed by atoms with E-state index in [0.29, 0.717) is 24.4 Å². The topological polar surface area (TPSA) is 56.5 Å². The molecule has 3 rings (SSSR count). The third-order valence-corrected chi connectivity index (χ3v) is 3.89. The molecule has 0 radical (unpaired) electrons. The second-order valence-electron chi connectivity index (χ2n) is 5.70. The van der Waals surface area contributed by atoms with E-state index in [1.54, 1.807) is 30.3 Å². The van der Waals surface area contributed by atoms with Crippen LogP contribution in [0.5, 0.6) is 5.75 Å². The molecular formula is C18H17FN2O2. The van der Waals surface area contributed by atoms with E-state index in [1.807, 2.05) is 11.8 Å². The van der Waals surface area contributed by atoms with E-state index in [0.717, 1.165) is 11.3 Å². The molecule has 1 heterocycles. The van der Waals surface area contributed by atoms with Crippen molar-refractivity contribution in [1.29, 1.82) is 5.26 Å². The van der Waals surface area contributed by atoms with Crippen LogP contribution < -0.4 is 9.64 Å². The van der Waals surface area contributed by atoms with Crippen LogP contribution in [0.3, 0.4) is 0 Å². The Bertz CT molecular complexity index is 740. The zero-order chi connectivity index (χ0) is 16.4. The Kier molecular flexibility index (Phi) is 4.18. The van der Waals surface area contributed by atoms with Crippen LogP contribution in [0.15, 0.2) is 42.5 Å². The number of nitrogens with zero attached hydrogens (tertiary/aromatic N) is 2. The number of hydrogen-bond donors (Lipinski definition) is 1. The van der Waals surface area contributed by atoms with Gasteiger partial charge in [-0.05, 0) is 36.8 Å². The molecule has 0 saturated carbocycles. The third-order valence-electron chi connectivity index (χ3n) is 3.89. The fraction of sp³-hybridized carbons (Fsp3) is 0.278. The van der Waals surface area contributed by atoms with Crippen LogP contribution in [0.4, 0.5) is 10.1 Å². The minimum atomic E-state index is -0.703. The van der Waals surface area contributed by atoms with Gasteiger partial charge in [-0.3, -0.25) is 0 Å². The normalized spacial score (nSPS) is 17.8. The van der Waals surface area contributed by atoms with Gasteiger partial charge in [0.05, 0.1) is 30.0 Å². The molecular weight excluding hydrogens is 295 g/mol. The van der Waals surface area contributed by atoms with E-state index >= 15 is 0 Å². The van der Waals surface area contributed by atoms with Crippen LogP contribution in [-0.2, 0) is 0 Å². The van der Waals surface area contributed by atoms with Gasteiger partial charge in [0.1, 0.15) is 17.7 Å². The molecule has 118 valence electrons. The summed E-state index contributed by atoms with van der Waals surface area (Å²) in [7, 11) is 0. The number of anilines is 1. The van der Waals surface area contributed by atoms with Crippen LogP contribution in [0.2, 0.25) is 0 Å². The van der Waals surface area contributed by atoms with Crippen LogP contribution in [0.1, 0.15) is 24.2 Å². The highest BCUT2D eigenvalue weighted by molar-refractivity contribution is 5.60. The van der Waals surface area contributed by atoms with Crippen LogP contribution >= 0.6 is 0 Å². The lowest BCUT2D eigenvalue weighted by molar-refractivity contribution is 0.167. The zero-order valence-corrected chi connectivity index (χ0v) is 12.7. The van der Waals surface area contributed by atoms with Gasteiger partial charge in [0.25, 0.3) is 0 Å². The fourth-order valence-electron chi connectivity index (χ4n) is 2.77. The van der Waals surface area contributed by atoms with Gasteiger partial charge in [-0.1, -0.05) is 12.1 Å². The van der Waals surface area contributed by atoms with E-state index in [4.69, 9.17) is 10.00 Å². The van der Waals surface area contributed by atoms with Crippen LogP contribution in [0, 0.1) is 17.1 Å². The first-order valence-corrected chi connectivity index (χ1v) is 7.46. The van der Waals surface area contributed by atoms with Crippen molar-refractivity contribution in [1.82, 2.24) is 0 Å². The molecule has 0 aromatic heterocycles. The predicted octanol–water partition coefficient (Wildman–Crippen LogP) is 3.02. The first-order valence-electron chi connectivity index (χ1n) is 7.46. The van der Waals surface area contributed by atoms with Crippen molar-refractivity contribution in [2.24, 2.45) is 0 Å². The first kappa shape index (κ1) is 15.3. The number of benzene rings is 2. The summed E-state index contributed by atoms with van der Waals surface area (Å²) in [6.07, 6.45) is -0.789. The lowest BCUT2D eigenvalue weighted by Crippen LogP contribution is -2.40. The van der Waals surface area contributed by atoms with Crippen molar-refractivity contribution < 1.29 is 14.2 Å². The summed E-state index contributed by atoms with van der Waals surface area (Å²) in [6, 6.07) is 13.3. The van der Waals surface area contributed by atoms with Crippen molar-refractivity contribution in [3.63, 3.8) is 0 Å². The number of aliphatic hydroxyl groups excluding tert-OH is 1. The van der Waals surface area contributed by atoms with Crippen molar-refractivity contribution >= 4 is 5.69 Å². The molecule has 0 spiro atoms. The lowest BCUT2D eigenvalue weighted by atomic mass is 10.1. The van der Waals surface area contributed by atoms with Gasteiger partial charge < -0.3 is 14.7 Å². The number of hydrogen-bond acceptors (Lipinski definition) is 4. The molecule has 0 bridgehead atoms. The monoisotopic (exact) mass is 312 g/mol. The Morgan fingerprint density at radius 1 is 1.35 bits per heavy atom. The largest absolute Gasteiger partial charge is 0.487 e. The standard InChI is InChI=1S/C18H17FN2O2/c1-12-10-21(16-7-6-15(19)8-18(16)23-12)11-17(22)14-4-2-13(9-20)3-5-14/h2-8,12,17,22H,10-11H2,1H3. The summed E-state index contributed by atoms with van der Waals surface area (Å²) in [5.41, 5.74) is 2.07. The summed E-state index contributed by atoms with van der Waals surface area (Å²) >= 11 is 0. The molecule has 23 heavy (non-hydrogen) atoms. The van der Waals surface area contributed by atoms with E-state index in [9.17, 15) is 9.50 Å². The van der Waals surface area contributed by atoms with Gasteiger partial charge in [0.15, 0.2) is 0 Å². The smallest absolute Gasteiger partial charge is 0.146 e. The SMILES string of the molecule is CC1CN(CC(O)c2ccc(C#N)cc2)c2ccc(F)cc2O1. The van der Waals surface area contributed by atoms with E-state index in [1.165, 1.54) is 12.1 Å². The number of ether oxygens (including phenoxy) is 1. The molecule has 1 aliphatic heterocycles. The highest BCUT2D eigenvalue weighted by Crippen LogP contribution is 2.35. The summed E-state index contributed by atoms with van der Waals surface area (Å²) in [6.45, 7) is 2.90. The summed E-state index contributed by atoms with van der Waals surface area (Å²) in [5.74, 6) is 0.154. The van der Waals surface area contributed by atoms with Crippen molar-refractivity contribution in [3.8, 4) is 11.8 Å².